The summed E-state index contributed by atoms with van der Waals surface area (Å²) in [5.74, 6) is 1.33. The number of hydrogen-bond acceptors (Lipinski definition) is 3. The minimum absolute atomic E-state index is 0.105. The van der Waals surface area contributed by atoms with Crippen molar-refractivity contribution in [2.45, 2.75) is 26.3 Å². The molecule has 0 spiro atoms. The van der Waals surface area contributed by atoms with Crippen LogP contribution in [-0.2, 0) is 6.42 Å². The molecule has 4 nitrogen and oxygen atoms in total. The number of pyridine rings is 1. The third-order valence-corrected chi connectivity index (χ3v) is 5.02. The van der Waals surface area contributed by atoms with E-state index in [1.54, 1.807) is 0 Å². The minimum atomic E-state index is 0.105. The van der Waals surface area contributed by atoms with Crippen LogP contribution in [0.25, 0.3) is 21.9 Å². The van der Waals surface area contributed by atoms with Crippen LogP contribution in [0.15, 0.2) is 59.6 Å². The highest BCUT2D eigenvalue weighted by molar-refractivity contribution is 6.32. The van der Waals surface area contributed by atoms with Crippen LogP contribution in [0.4, 0.5) is 0 Å². The van der Waals surface area contributed by atoms with Crippen molar-refractivity contribution in [2.24, 2.45) is 10.9 Å². The smallest absolute Gasteiger partial charge is 0.138 e. The lowest BCUT2D eigenvalue weighted by molar-refractivity contribution is 0.487. The normalized spacial score (nSPS) is 13.2. The average Bonchev–Trinajstić information content (AvgIpc) is 3.07. The van der Waals surface area contributed by atoms with Gasteiger partial charge in [0.15, 0.2) is 0 Å². The molecule has 1 unspecified atom stereocenters. The lowest BCUT2D eigenvalue weighted by Gasteiger charge is -2.15. The Kier molecular flexibility index (Phi) is 4.90. The van der Waals surface area contributed by atoms with E-state index < -0.39 is 0 Å². The molecule has 0 bridgehead atoms. The fraction of sp³-hybridized carbons (Fsp3) is 0.227. The molecule has 2 heterocycles. The number of H-pyrrole nitrogens is 1. The van der Waals surface area contributed by atoms with Gasteiger partial charge in [0.25, 0.3) is 0 Å². The van der Waals surface area contributed by atoms with Crippen molar-refractivity contribution < 1.29 is 0 Å². The first-order valence-corrected chi connectivity index (χ1v) is 9.50. The number of benzene rings is 2. The summed E-state index contributed by atoms with van der Waals surface area (Å²) in [6.07, 6.45) is 2.59. The Hall–Kier alpha value is -2.72. The molecule has 0 aliphatic carbocycles. The molecule has 4 rings (SSSR count). The van der Waals surface area contributed by atoms with E-state index in [2.05, 4.69) is 28.8 Å². The van der Waals surface area contributed by atoms with Crippen LogP contribution in [0.2, 0.25) is 5.15 Å². The third kappa shape index (κ3) is 3.86. The Balaban J connectivity index is 1.60. The van der Waals surface area contributed by atoms with Gasteiger partial charge in [-0.25, -0.2) is 9.97 Å². The highest BCUT2D eigenvalue weighted by Gasteiger charge is 2.15. The molecule has 1 atom stereocenters. The van der Waals surface area contributed by atoms with Gasteiger partial charge in [-0.05, 0) is 30.2 Å². The third-order valence-electron chi connectivity index (χ3n) is 4.72. The average molecular weight is 377 g/mol. The van der Waals surface area contributed by atoms with E-state index in [4.69, 9.17) is 16.6 Å². The summed E-state index contributed by atoms with van der Waals surface area (Å²) in [5, 5.41) is 1.53. The van der Waals surface area contributed by atoms with E-state index in [0.29, 0.717) is 11.1 Å². The molecule has 0 fully saturated rings. The van der Waals surface area contributed by atoms with Gasteiger partial charge in [-0.1, -0.05) is 55.8 Å². The van der Waals surface area contributed by atoms with Gasteiger partial charge in [-0.2, -0.15) is 0 Å². The number of imidazole rings is 1. The molecule has 0 radical (unpaired) electrons. The minimum Gasteiger partial charge on any atom is -0.342 e. The highest BCUT2D eigenvalue weighted by Crippen LogP contribution is 2.20. The van der Waals surface area contributed by atoms with Crippen LogP contribution in [-0.4, -0.2) is 27.2 Å². The molecule has 1 N–H and O–H groups in total. The van der Waals surface area contributed by atoms with Gasteiger partial charge >= 0.3 is 0 Å². The Labute approximate surface area is 163 Å². The molecule has 0 amide bonds. The summed E-state index contributed by atoms with van der Waals surface area (Å²) in [6, 6.07) is 18.2. The molecule has 4 aromatic rings. The van der Waals surface area contributed by atoms with Crippen LogP contribution in [0.5, 0.6) is 0 Å². The van der Waals surface area contributed by atoms with Gasteiger partial charge in [0, 0.05) is 23.6 Å². The molecule has 0 saturated heterocycles. The summed E-state index contributed by atoms with van der Waals surface area (Å²) in [5.41, 5.74) is 3.77. The number of fused-ring (bicyclic) bond motifs is 2. The zero-order chi connectivity index (χ0) is 18.8. The van der Waals surface area contributed by atoms with Crippen molar-refractivity contribution in [1.29, 1.82) is 0 Å². The van der Waals surface area contributed by atoms with Crippen molar-refractivity contribution in [3.8, 4) is 0 Å². The first kappa shape index (κ1) is 17.7. The molecular formula is C22H21ClN4. The largest absolute Gasteiger partial charge is 0.342 e. The Morgan fingerprint density at radius 1 is 1.04 bits per heavy atom. The monoisotopic (exact) mass is 376 g/mol. The molecule has 5 heteroatoms. The number of rotatable bonds is 5. The SMILES string of the molecule is CC(C)C(Cc1nc2ccccc2[nH]1)N=Cc1cc2ccccc2nc1Cl. The Morgan fingerprint density at radius 2 is 1.78 bits per heavy atom. The number of halogens is 1. The molecule has 0 saturated carbocycles. The van der Waals surface area contributed by atoms with E-state index in [1.165, 1.54) is 0 Å². The van der Waals surface area contributed by atoms with Gasteiger partial charge in [0.1, 0.15) is 11.0 Å². The maximum absolute atomic E-state index is 6.36. The van der Waals surface area contributed by atoms with E-state index in [0.717, 1.165) is 39.7 Å². The molecule has 2 aromatic carbocycles. The predicted octanol–water partition coefficient (Wildman–Crippen LogP) is 5.45. The van der Waals surface area contributed by atoms with E-state index >= 15 is 0 Å². The van der Waals surface area contributed by atoms with E-state index in [9.17, 15) is 0 Å². The number of para-hydroxylation sites is 3. The van der Waals surface area contributed by atoms with Crippen molar-refractivity contribution >= 4 is 39.8 Å². The summed E-state index contributed by atoms with van der Waals surface area (Å²) in [6.45, 7) is 4.34. The highest BCUT2D eigenvalue weighted by atomic mass is 35.5. The van der Waals surface area contributed by atoms with Gasteiger partial charge < -0.3 is 4.98 Å². The maximum atomic E-state index is 6.36. The second-order valence-corrected chi connectivity index (χ2v) is 7.41. The number of aromatic nitrogens is 3. The second kappa shape index (κ2) is 7.49. The van der Waals surface area contributed by atoms with Crippen molar-refractivity contribution in [3.63, 3.8) is 0 Å². The number of hydrogen-bond donors (Lipinski definition) is 1. The van der Waals surface area contributed by atoms with Crippen LogP contribution < -0.4 is 0 Å². The molecule has 0 aliphatic rings. The van der Waals surface area contributed by atoms with Crippen molar-refractivity contribution in [3.05, 3.63) is 71.1 Å². The number of nitrogens with one attached hydrogen (secondary N) is 1. The number of nitrogens with zero attached hydrogens (tertiary/aromatic N) is 3. The molecule has 136 valence electrons. The molecule has 0 aliphatic heterocycles. The van der Waals surface area contributed by atoms with Gasteiger partial charge in [-0.3, -0.25) is 4.99 Å². The number of aromatic amines is 1. The Bertz CT molecular complexity index is 1080. The Morgan fingerprint density at radius 3 is 2.56 bits per heavy atom. The van der Waals surface area contributed by atoms with Crippen LogP contribution in [0.3, 0.4) is 0 Å². The standard InChI is InChI=1S/C22H21ClN4/c1-14(2)20(12-21-25-18-9-5-6-10-19(18)26-21)24-13-16-11-15-7-3-4-8-17(15)27-22(16)23/h3-11,13-14,20H,12H2,1-2H3,(H,25,26). The first-order chi connectivity index (χ1) is 13.1. The van der Waals surface area contributed by atoms with Crippen LogP contribution in [0.1, 0.15) is 25.2 Å². The molecule has 2 aromatic heterocycles. The van der Waals surface area contributed by atoms with E-state index in [1.807, 2.05) is 60.8 Å². The van der Waals surface area contributed by atoms with Gasteiger partial charge in [0.2, 0.25) is 0 Å². The zero-order valence-electron chi connectivity index (χ0n) is 15.4. The van der Waals surface area contributed by atoms with Gasteiger partial charge in [0.05, 0.1) is 22.6 Å². The quantitative estimate of drug-likeness (QED) is 0.372. The van der Waals surface area contributed by atoms with Crippen LogP contribution in [0, 0.1) is 5.92 Å². The summed E-state index contributed by atoms with van der Waals surface area (Å²) < 4.78 is 0. The fourth-order valence-electron chi connectivity index (χ4n) is 3.14. The first-order valence-electron chi connectivity index (χ1n) is 9.12. The summed E-state index contributed by atoms with van der Waals surface area (Å²) >= 11 is 6.36. The predicted molar refractivity (Wildman–Crippen MR) is 113 cm³/mol. The second-order valence-electron chi connectivity index (χ2n) is 7.06. The van der Waals surface area contributed by atoms with Crippen molar-refractivity contribution in [1.82, 2.24) is 15.0 Å². The zero-order valence-corrected chi connectivity index (χ0v) is 16.1. The van der Waals surface area contributed by atoms with Crippen molar-refractivity contribution in [2.75, 3.05) is 0 Å². The van der Waals surface area contributed by atoms with Crippen LogP contribution >= 0.6 is 11.6 Å². The summed E-state index contributed by atoms with van der Waals surface area (Å²) in [7, 11) is 0. The molecular weight excluding hydrogens is 356 g/mol. The van der Waals surface area contributed by atoms with Gasteiger partial charge in [-0.15, -0.1) is 0 Å². The van der Waals surface area contributed by atoms with E-state index in [-0.39, 0.29) is 6.04 Å². The topological polar surface area (TPSA) is 53.9 Å². The lowest BCUT2D eigenvalue weighted by Crippen LogP contribution is -2.17. The maximum Gasteiger partial charge on any atom is 0.138 e. The summed E-state index contributed by atoms with van der Waals surface area (Å²) in [4.78, 5) is 17.4. The fourth-order valence-corrected chi connectivity index (χ4v) is 3.33. The molecule has 27 heavy (non-hydrogen) atoms. The number of aliphatic imine (C=N–C) groups is 1. The lowest BCUT2D eigenvalue weighted by atomic mass is 10.0.